The Morgan fingerprint density at radius 3 is 2.71 bits per heavy atom. The minimum absolute atomic E-state index is 0.0819. The number of hydrogen-bond acceptors (Lipinski definition) is 3. The molecule has 1 heterocycles. The Hall–Kier alpha value is -0.120. The van der Waals surface area contributed by atoms with Crippen LogP contribution in [0.5, 0.6) is 0 Å². The van der Waals surface area contributed by atoms with E-state index in [0.717, 1.165) is 19.7 Å². The molecule has 0 amide bonds. The lowest BCUT2D eigenvalue weighted by atomic mass is 9.99. The summed E-state index contributed by atoms with van der Waals surface area (Å²) in [6, 6.07) is 0. The monoisotopic (exact) mass is 198 g/mol. The van der Waals surface area contributed by atoms with Gasteiger partial charge in [0.25, 0.3) is 0 Å². The molecule has 1 saturated carbocycles. The summed E-state index contributed by atoms with van der Waals surface area (Å²) in [5.41, 5.74) is 6.32. The molecule has 0 spiro atoms. The summed E-state index contributed by atoms with van der Waals surface area (Å²) in [7, 11) is 0. The molecule has 1 aliphatic heterocycles. The predicted molar refractivity (Wildman–Crippen MR) is 57.2 cm³/mol. The molecule has 0 bridgehead atoms. The molecule has 0 radical (unpaired) electrons. The van der Waals surface area contributed by atoms with Crippen LogP contribution >= 0.6 is 0 Å². The van der Waals surface area contributed by atoms with Crippen molar-refractivity contribution in [2.45, 2.75) is 50.2 Å². The molecule has 2 rings (SSSR count). The highest BCUT2D eigenvalue weighted by molar-refractivity contribution is 4.91. The first kappa shape index (κ1) is 10.4. The van der Waals surface area contributed by atoms with Gasteiger partial charge >= 0.3 is 0 Å². The van der Waals surface area contributed by atoms with Crippen LogP contribution in [0, 0.1) is 0 Å². The lowest BCUT2D eigenvalue weighted by Gasteiger charge is -2.24. The van der Waals surface area contributed by atoms with Gasteiger partial charge in [0.05, 0.1) is 6.10 Å². The minimum atomic E-state index is 0.0819. The number of nitrogens with one attached hydrogen (secondary N) is 1. The van der Waals surface area contributed by atoms with Crippen LogP contribution < -0.4 is 11.1 Å². The molecule has 0 aromatic heterocycles. The molecule has 0 aromatic rings. The van der Waals surface area contributed by atoms with E-state index < -0.39 is 0 Å². The van der Waals surface area contributed by atoms with E-state index in [4.69, 9.17) is 10.5 Å². The van der Waals surface area contributed by atoms with Crippen LogP contribution in [0.1, 0.15) is 38.5 Å². The van der Waals surface area contributed by atoms with E-state index in [2.05, 4.69) is 5.32 Å². The Bertz CT molecular complexity index is 172. The van der Waals surface area contributed by atoms with Gasteiger partial charge in [-0.25, -0.2) is 0 Å². The van der Waals surface area contributed by atoms with Gasteiger partial charge in [0.1, 0.15) is 0 Å². The van der Waals surface area contributed by atoms with Crippen molar-refractivity contribution in [1.29, 1.82) is 0 Å². The zero-order valence-corrected chi connectivity index (χ0v) is 8.93. The topological polar surface area (TPSA) is 47.3 Å². The van der Waals surface area contributed by atoms with Gasteiger partial charge in [0, 0.05) is 25.2 Å². The van der Waals surface area contributed by atoms with Crippen LogP contribution in [0.3, 0.4) is 0 Å². The standard InChI is InChI=1S/C11H22N2O/c12-11(5-1-2-6-11)9-13-8-10-4-3-7-14-10/h10,13H,1-9,12H2. The summed E-state index contributed by atoms with van der Waals surface area (Å²) in [5, 5.41) is 3.46. The summed E-state index contributed by atoms with van der Waals surface area (Å²) in [6.45, 7) is 2.89. The van der Waals surface area contributed by atoms with Gasteiger partial charge in [-0.1, -0.05) is 12.8 Å². The summed E-state index contributed by atoms with van der Waals surface area (Å²) >= 11 is 0. The Balaban J connectivity index is 1.61. The fourth-order valence-electron chi connectivity index (χ4n) is 2.54. The Morgan fingerprint density at radius 2 is 2.07 bits per heavy atom. The summed E-state index contributed by atoms with van der Waals surface area (Å²) in [6.07, 6.45) is 7.86. The molecule has 3 nitrogen and oxygen atoms in total. The lowest BCUT2D eigenvalue weighted by molar-refractivity contribution is 0.108. The first-order valence-corrected chi connectivity index (χ1v) is 5.90. The highest BCUT2D eigenvalue weighted by Crippen LogP contribution is 2.26. The minimum Gasteiger partial charge on any atom is -0.377 e. The summed E-state index contributed by atoms with van der Waals surface area (Å²) in [4.78, 5) is 0. The lowest BCUT2D eigenvalue weighted by Crippen LogP contribution is -2.47. The Morgan fingerprint density at radius 1 is 1.29 bits per heavy atom. The predicted octanol–water partition coefficient (Wildman–Crippen LogP) is 1.03. The summed E-state index contributed by atoms with van der Waals surface area (Å²) < 4.78 is 5.55. The van der Waals surface area contributed by atoms with Crippen LogP contribution in [0.2, 0.25) is 0 Å². The van der Waals surface area contributed by atoms with E-state index in [-0.39, 0.29) is 5.54 Å². The van der Waals surface area contributed by atoms with Gasteiger partial charge in [-0.3, -0.25) is 0 Å². The van der Waals surface area contributed by atoms with Crippen LogP contribution in [-0.4, -0.2) is 31.3 Å². The van der Waals surface area contributed by atoms with Gasteiger partial charge in [-0.2, -0.15) is 0 Å². The van der Waals surface area contributed by atoms with Crippen molar-refractivity contribution >= 4 is 0 Å². The second kappa shape index (κ2) is 4.60. The molecule has 2 aliphatic rings. The zero-order valence-electron chi connectivity index (χ0n) is 8.93. The average molecular weight is 198 g/mol. The molecule has 2 fully saturated rings. The van der Waals surface area contributed by atoms with E-state index in [1.807, 2.05) is 0 Å². The number of hydrogen-bond donors (Lipinski definition) is 2. The van der Waals surface area contributed by atoms with Crippen molar-refractivity contribution < 1.29 is 4.74 Å². The van der Waals surface area contributed by atoms with Crippen LogP contribution in [-0.2, 0) is 4.74 Å². The SMILES string of the molecule is NC1(CNCC2CCCO2)CCCC1. The van der Waals surface area contributed by atoms with Gasteiger partial charge in [0.2, 0.25) is 0 Å². The van der Waals surface area contributed by atoms with Crippen LogP contribution in [0.25, 0.3) is 0 Å². The largest absolute Gasteiger partial charge is 0.377 e. The molecule has 1 saturated heterocycles. The third-order valence-electron chi connectivity index (χ3n) is 3.47. The van der Waals surface area contributed by atoms with Crippen molar-refractivity contribution in [2.75, 3.05) is 19.7 Å². The maximum absolute atomic E-state index is 6.24. The van der Waals surface area contributed by atoms with E-state index in [1.165, 1.54) is 38.5 Å². The quantitative estimate of drug-likeness (QED) is 0.709. The number of ether oxygens (including phenoxy) is 1. The molecule has 1 atom stereocenters. The fraction of sp³-hybridized carbons (Fsp3) is 1.00. The van der Waals surface area contributed by atoms with E-state index >= 15 is 0 Å². The molecule has 1 aliphatic carbocycles. The maximum atomic E-state index is 6.24. The third-order valence-corrected chi connectivity index (χ3v) is 3.47. The van der Waals surface area contributed by atoms with E-state index in [0.29, 0.717) is 6.10 Å². The zero-order chi connectivity index (χ0) is 9.86. The second-order valence-electron chi connectivity index (χ2n) is 4.84. The molecule has 82 valence electrons. The molecule has 0 aromatic carbocycles. The van der Waals surface area contributed by atoms with Crippen LogP contribution in [0.15, 0.2) is 0 Å². The van der Waals surface area contributed by atoms with Crippen LogP contribution in [0.4, 0.5) is 0 Å². The smallest absolute Gasteiger partial charge is 0.0700 e. The number of rotatable bonds is 4. The van der Waals surface area contributed by atoms with Crippen molar-refractivity contribution in [3.63, 3.8) is 0 Å². The maximum Gasteiger partial charge on any atom is 0.0700 e. The molecule has 3 heteroatoms. The van der Waals surface area contributed by atoms with Gasteiger partial charge in [-0.05, 0) is 25.7 Å². The van der Waals surface area contributed by atoms with Crippen molar-refractivity contribution in [3.05, 3.63) is 0 Å². The molecular weight excluding hydrogens is 176 g/mol. The summed E-state index contributed by atoms with van der Waals surface area (Å²) in [5.74, 6) is 0. The first-order chi connectivity index (χ1) is 6.79. The molecular formula is C11H22N2O. The Labute approximate surface area is 86.4 Å². The second-order valence-corrected chi connectivity index (χ2v) is 4.84. The van der Waals surface area contributed by atoms with E-state index in [9.17, 15) is 0 Å². The third kappa shape index (κ3) is 2.69. The highest BCUT2D eigenvalue weighted by Gasteiger charge is 2.29. The molecule has 3 N–H and O–H groups in total. The molecule has 1 unspecified atom stereocenters. The van der Waals surface area contributed by atoms with Gasteiger partial charge in [-0.15, -0.1) is 0 Å². The van der Waals surface area contributed by atoms with Crippen molar-refractivity contribution in [3.8, 4) is 0 Å². The molecule has 14 heavy (non-hydrogen) atoms. The Kier molecular flexibility index (Phi) is 3.42. The van der Waals surface area contributed by atoms with Gasteiger partial charge in [0.15, 0.2) is 0 Å². The van der Waals surface area contributed by atoms with Crippen molar-refractivity contribution in [1.82, 2.24) is 5.32 Å². The first-order valence-electron chi connectivity index (χ1n) is 5.90. The van der Waals surface area contributed by atoms with Gasteiger partial charge < -0.3 is 15.8 Å². The fourth-order valence-corrected chi connectivity index (χ4v) is 2.54. The number of nitrogens with two attached hydrogens (primary N) is 1. The van der Waals surface area contributed by atoms with Crippen molar-refractivity contribution in [2.24, 2.45) is 5.73 Å². The highest BCUT2D eigenvalue weighted by atomic mass is 16.5. The van der Waals surface area contributed by atoms with E-state index in [1.54, 1.807) is 0 Å². The normalized spacial score (nSPS) is 31.1. The average Bonchev–Trinajstić information content (AvgIpc) is 2.77.